The third-order valence-corrected chi connectivity index (χ3v) is 2.44. The molecule has 86 valence electrons. The molecule has 1 amide bonds. The molecule has 0 radical (unpaired) electrons. The van der Waals surface area contributed by atoms with Crippen molar-refractivity contribution in [3.63, 3.8) is 0 Å². The van der Waals surface area contributed by atoms with Gasteiger partial charge in [-0.25, -0.2) is 9.18 Å². The highest BCUT2D eigenvalue weighted by atomic mass is 19.1. The Morgan fingerprint density at radius 1 is 1.44 bits per heavy atom. The van der Waals surface area contributed by atoms with Gasteiger partial charge in [-0.15, -0.1) is 0 Å². The lowest BCUT2D eigenvalue weighted by molar-refractivity contribution is 0.0947. The topological polar surface area (TPSA) is 49.8 Å². The van der Waals surface area contributed by atoms with E-state index in [-0.39, 0.29) is 12.4 Å². The quantitative estimate of drug-likeness (QED) is 0.839. The number of nitrogens with zero attached hydrogens (tertiary/aromatic N) is 1. The first-order valence-electron chi connectivity index (χ1n) is 5.00. The van der Waals surface area contributed by atoms with E-state index in [1.807, 2.05) is 0 Å². The van der Waals surface area contributed by atoms with Gasteiger partial charge in [-0.3, -0.25) is 0 Å². The van der Waals surface area contributed by atoms with Crippen LogP contribution in [-0.2, 0) is 11.3 Å². The second kappa shape index (κ2) is 4.49. The zero-order valence-corrected chi connectivity index (χ0v) is 8.60. The Morgan fingerprint density at radius 3 is 2.69 bits per heavy atom. The van der Waals surface area contributed by atoms with Gasteiger partial charge < -0.3 is 14.7 Å². The largest absolute Gasteiger partial charge is 0.442 e. The normalized spacial score (nSPS) is 20.0. The molecule has 2 rings (SSSR count). The fraction of sp³-hybridized carbons (Fsp3) is 0.364. The Hall–Kier alpha value is -1.62. The molecule has 1 N–H and O–H groups in total. The van der Waals surface area contributed by atoms with Crippen molar-refractivity contribution in [3.05, 3.63) is 35.6 Å². The van der Waals surface area contributed by atoms with Gasteiger partial charge in [-0.2, -0.15) is 0 Å². The van der Waals surface area contributed by atoms with Crippen LogP contribution in [0.1, 0.15) is 5.56 Å². The molecule has 5 heteroatoms. The van der Waals surface area contributed by atoms with Gasteiger partial charge >= 0.3 is 6.09 Å². The van der Waals surface area contributed by atoms with Gasteiger partial charge in [0.15, 0.2) is 0 Å². The summed E-state index contributed by atoms with van der Waals surface area (Å²) < 4.78 is 17.5. The van der Waals surface area contributed by atoms with Gasteiger partial charge in [0.25, 0.3) is 0 Å². The minimum atomic E-state index is -0.451. The van der Waals surface area contributed by atoms with Crippen LogP contribution in [0.5, 0.6) is 0 Å². The van der Waals surface area contributed by atoms with Crippen LogP contribution in [0.25, 0.3) is 0 Å². The Bertz CT molecular complexity index is 379. The predicted octanol–water partition coefficient (Wildman–Crippen LogP) is 1.14. The number of benzene rings is 1. The van der Waals surface area contributed by atoms with E-state index in [9.17, 15) is 9.18 Å². The van der Waals surface area contributed by atoms with Crippen molar-refractivity contribution in [2.75, 3.05) is 13.2 Å². The number of hydrogen-bond acceptors (Lipinski definition) is 3. The number of hydrogen-bond donors (Lipinski definition) is 1. The molecule has 1 fully saturated rings. The standard InChI is InChI=1S/C11H12FNO3/c12-9-3-1-8(2-4-9)5-13-6-10(7-14)16-11(13)15/h1-4,10,14H,5-7H2. The van der Waals surface area contributed by atoms with Gasteiger partial charge in [-0.1, -0.05) is 12.1 Å². The summed E-state index contributed by atoms with van der Waals surface area (Å²) in [5, 5.41) is 8.85. The molecule has 0 spiro atoms. The highest BCUT2D eigenvalue weighted by Gasteiger charge is 2.30. The van der Waals surface area contributed by atoms with Crippen molar-refractivity contribution in [1.29, 1.82) is 0 Å². The van der Waals surface area contributed by atoms with Crippen LogP contribution < -0.4 is 0 Å². The Morgan fingerprint density at radius 2 is 2.12 bits per heavy atom. The molecule has 0 saturated carbocycles. The van der Waals surface area contributed by atoms with Crippen molar-refractivity contribution < 1.29 is 19.0 Å². The summed E-state index contributed by atoms with van der Waals surface area (Å²) in [6, 6.07) is 5.93. The monoisotopic (exact) mass is 225 g/mol. The zero-order chi connectivity index (χ0) is 11.5. The second-order valence-electron chi connectivity index (χ2n) is 3.70. The van der Waals surface area contributed by atoms with Crippen molar-refractivity contribution in [2.24, 2.45) is 0 Å². The Kier molecular flexibility index (Phi) is 3.05. The summed E-state index contributed by atoms with van der Waals surface area (Å²) in [5.41, 5.74) is 0.830. The van der Waals surface area contributed by atoms with E-state index in [0.717, 1.165) is 5.56 Å². The van der Waals surface area contributed by atoms with E-state index in [1.54, 1.807) is 12.1 Å². The van der Waals surface area contributed by atoms with Crippen molar-refractivity contribution >= 4 is 6.09 Å². The van der Waals surface area contributed by atoms with Crippen LogP contribution in [0.15, 0.2) is 24.3 Å². The smallest absolute Gasteiger partial charge is 0.410 e. The third kappa shape index (κ3) is 2.30. The van der Waals surface area contributed by atoms with Gasteiger partial charge in [0.05, 0.1) is 13.2 Å². The summed E-state index contributed by atoms with van der Waals surface area (Å²) in [5.74, 6) is -0.305. The van der Waals surface area contributed by atoms with Crippen molar-refractivity contribution in [2.45, 2.75) is 12.6 Å². The van der Waals surface area contributed by atoms with Crippen molar-refractivity contribution in [3.8, 4) is 0 Å². The zero-order valence-electron chi connectivity index (χ0n) is 8.60. The van der Waals surface area contributed by atoms with E-state index in [1.165, 1.54) is 17.0 Å². The van der Waals surface area contributed by atoms with Gasteiger partial charge in [0.2, 0.25) is 0 Å². The first kappa shape index (κ1) is 10.9. The number of ether oxygens (including phenoxy) is 1. The van der Waals surface area contributed by atoms with Crippen LogP contribution in [0.2, 0.25) is 0 Å². The van der Waals surface area contributed by atoms with Crippen LogP contribution in [0.4, 0.5) is 9.18 Å². The number of cyclic esters (lactones) is 1. The number of rotatable bonds is 3. The molecule has 4 nitrogen and oxygen atoms in total. The molecule has 0 aliphatic carbocycles. The average molecular weight is 225 g/mol. The molecular weight excluding hydrogens is 213 g/mol. The summed E-state index contributed by atoms with van der Waals surface area (Å²) in [6.07, 6.45) is -0.892. The summed E-state index contributed by atoms with van der Waals surface area (Å²) in [4.78, 5) is 12.8. The maximum atomic E-state index is 12.7. The molecule has 1 aromatic rings. The average Bonchev–Trinajstić information content (AvgIpc) is 2.63. The maximum Gasteiger partial charge on any atom is 0.410 e. The SMILES string of the molecule is O=C1OC(CO)CN1Cc1ccc(F)cc1. The van der Waals surface area contributed by atoms with E-state index in [2.05, 4.69) is 0 Å². The van der Waals surface area contributed by atoms with Crippen LogP contribution in [0.3, 0.4) is 0 Å². The number of carbonyl (C=O) groups excluding carboxylic acids is 1. The van der Waals surface area contributed by atoms with E-state index < -0.39 is 12.2 Å². The molecule has 1 saturated heterocycles. The number of halogens is 1. The second-order valence-corrected chi connectivity index (χ2v) is 3.70. The van der Waals surface area contributed by atoms with E-state index in [4.69, 9.17) is 9.84 Å². The lowest BCUT2D eigenvalue weighted by atomic mass is 10.2. The molecule has 1 aliphatic heterocycles. The first-order chi connectivity index (χ1) is 7.69. The van der Waals surface area contributed by atoms with Crippen molar-refractivity contribution in [1.82, 2.24) is 4.90 Å². The number of aliphatic hydroxyl groups is 1. The summed E-state index contributed by atoms with van der Waals surface area (Å²) in [7, 11) is 0. The third-order valence-electron chi connectivity index (χ3n) is 2.44. The molecular formula is C11H12FNO3. The number of carbonyl (C=O) groups is 1. The van der Waals surface area contributed by atoms with E-state index >= 15 is 0 Å². The molecule has 1 atom stereocenters. The molecule has 16 heavy (non-hydrogen) atoms. The number of aliphatic hydroxyl groups excluding tert-OH is 1. The van der Waals surface area contributed by atoms with Crippen LogP contribution in [-0.4, -0.2) is 35.4 Å². The Labute approximate surface area is 92.2 Å². The lowest BCUT2D eigenvalue weighted by Gasteiger charge is -2.12. The molecule has 1 aliphatic rings. The lowest BCUT2D eigenvalue weighted by Crippen LogP contribution is -2.25. The van der Waals surface area contributed by atoms with E-state index in [0.29, 0.717) is 13.1 Å². The Balaban J connectivity index is 2.00. The van der Waals surface area contributed by atoms with Gasteiger partial charge in [-0.05, 0) is 17.7 Å². The maximum absolute atomic E-state index is 12.7. The minimum Gasteiger partial charge on any atom is -0.442 e. The summed E-state index contributed by atoms with van der Waals surface area (Å²) in [6.45, 7) is 0.563. The molecule has 1 aromatic carbocycles. The predicted molar refractivity (Wildman–Crippen MR) is 54.2 cm³/mol. The fourth-order valence-corrected chi connectivity index (χ4v) is 1.61. The molecule has 1 heterocycles. The molecule has 0 bridgehead atoms. The summed E-state index contributed by atoms with van der Waals surface area (Å²) >= 11 is 0. The van der Waals surface area contributed by atoms with Crippen LogP contribution in [0, 0.1) is 5.82 Å². The minimum absolute atomic E-state index is 0.175. The molecule has 0 aromatic heterocycles. The highest BCUT2D eigenvalue weighted by molar-refractivity contribution is 5.69. The first-order valence-corrected chi connectivity index (χ1v) is 5.00. The highest BCUT2D eigenvalue weighted by Crippen LogP contribution is 2.15. The number of amides is 1. The van der Waals surface area contributed by atoms with Gasteiger partial charge in [0.1, 0.15) is 11.9 Å². The molecule has 1 unspecified atom stereocenters. The van der Waals surface area contributed by atoms with Gasteiger partial charge in [0, 0.05) is 6.54 Å². The van der Waals surface area contributed by atoms with Crippen LogP contribution >= 0.6 is 0 Å². The fourth-order valence-electron chi connectivity index (χ4n) is 1.61.